The maximum atomic E-state index is 11.9. The van der Waals surface area contributed by atoms with Crippen molar-refractivity contribution in [3.63, 3.8) is 0 Å². The number of rotatable bonds is 7. The smallest absolute Gasteiger partial charge is 0.253 e. The van der Waals surface area contributed by atoms with Crippen molar-refractivity contribution < 1.29 is 13.2 Å². The second-order valence-electron chi connectivity index (χ2n) is 3.87. The molecule has 0 aliphatic rings. The number of carbonyl (C=O) groups is 1. The predicted molar refractivity (Wildman–Crippen MR) is 78.6 cm³/mol. The summed E-state index contributed by atoms with van der Waals surface area (Å²) >= 11 is 5.88. The molecule has 0 radical (unpaired) electrons. The van der Waals surface area contributed by atoms with Crippen LogP contribution in [0.25, 0.3) is 0 Å². The summed E-state index contributed by atoms with van der Waals surface area (Å²) in [5.74, 6) is -0.130. The second kappa shape index (κ2) is 7.41. The van der Waals surface area contributed by atoms with Gasteiger partial charge in [0, 0.05) is 26.3 Å². The van der Waals surface area contributed by atoms with E-state index >= 15 is 0 Å². The Balaban J connectivity index is 2.64. The van der Waals surface area contributed by atoms with E-state index in [4.69, 9.17) is 11.6 Å². The molecule has 0 unspecified atom stereocenters. The van der Waals surface area contributed by atoms with Crippen LogP contribution in [0.15, 0.2) is 12.3 Å². The molecule has 1 aromatic heterocycles. The lowest BCUT2D eigenvalue weighted by Gasteiger charge is -2.08. The Morgan fingerprint density at radius 3 is 2.75 bits per heavy atom. The van der Waals surface area contributed by atoms with Crippen molar-refractivity contribution >= 4 is 33.3 Å². The zero-order valence-electron chi connectivity index (χ0n) is 11.2. The van der Waals surface area contributed by atoms with Crippen LogP contribution in [0.4, 0.5) is 5.82 Å². The molecule has 0 fully saturated rings. The molecule has 1 aromatic rings. The van der Waals surface area contributed by atoms with Gasteiger partial charge in [0.15, 0.2) is 0 Å². The first-order valence-electron chi connectivity index (χ1n) is 5.98. The second-order valence-corrected chi connectivity index (χ2v) is 6.21. The minimum Gasteiger partial charge on any atom is -0.373 e. The van der Waals surface area contributed by atoms with Crippen LogP contribution in [0.2, 0.25) is 5.02 Å². The number of aromatic nitrogens is 1. The fourth-order valence-corrected chi connectivity index (χ4v) is 2.58. The van der Waals surface area contributed by atoms with Crippen molar-refractivity contribution in [2.45, 2.75) is 6.92 Å². The Morgan fingerprint density at radius 2 is 2.15 bits per heavy atom. The van der Waals surface area contributed by atoms with Gasteiger partial charge in [-0.25, -0.2) is 18.1 Å². The first kappa shape index (κ1) is 16.7. The van der Waals surface area contributed by atoms with Crippen LogP contribution in [0.1, 0.15) is 17.3 Å². The number of halogens is 1. The van der Waals surface area contributed by atoms with Gasteiger partial charge in [-0.1, -0.05) is 18.5 Å². The molecule has 3 N–H and O–H groups in total. The van der Waals surface area contributed by atoms with Gasteiger partial charge in [0.2, 0.25) is 10.0 Å². The molecule has 0 spiro atoms. The van der Waals surface area contributed by atoms with E-state index in [0.717, 1.165) is 0 Å². The molecule has 7 nitrogen and oxygen atoms in total. The van der Waals surface area contributed by atoms with Crippen molar-refractivity contribution in [1.82, 2.24) is 15.0 Å². The van der Waals surface area contributed by atoms with Crippen molar-refractivity contribution in [3.05, 3.63) is 22.8 Å². The van der Waals surface area contributed by atoms with Gasteiger partial charge >= 0.3 is 0 Å². The molecule has 0 atom stereocenters. The van der Waals surface area contributed by atoms with E-state index < -0.39 is 15.9 Å². The largest absolute Gasteiger partial charge is 0.373 e. The molecule has 1 heterocycles. The van der Waals surface area contributed by atoms with E-state index in [1.54, 1.807) is 14.0 Å². The van der Waals surface area contributed by atoms with Gasteiger partial charge < -0.3 is 10.6 Å². The number of nitrogens with zero attached hydrogens (tertiary/aromatic N) is 1. The van der Waals surface area contributed by atoms with Gasteiger partial charge in [0.05, 0.1) is 16.3 Å². The maximum absolute atomic E-state index is 11.9. The van der Waals surface area contributed by atoms with E-state index in [1.807, 2.05) is 0 Å². The summed E-state index contributed by atoms with van der Waals surface area (Å²) in [5, 5.41) is 5.50. The topological polar surface area (TPSA) is 100 Å². The number of hydrogen-bond donors (Lipinski definition) is 3. The van der Waals surface area contributed by atoms with E-state index in [1.165, 1.54) is 12.3 Å². The van der Waals surface area contributed by atoms with Crippen LogP contribution in [-0.2, 0) is 10.0 Å². The molecule has 0 bridgehead atoms. The SMILES string of the molecule is CCNS(=O)(=O)CCNC(=O)c1cc(NC)ncc1Cl. The van der Waals surface area contributed by atoms with Crippen LogP contribution in [0.3, 0.4) is 0 Å². The van der Waals surface area contributed by atoms with Gasteiger partial charge in [-0.3, -0.25) is 4.79 Å². The summed E-state index contributed by atoms with van der Waals surface area (Å²) in [6, 6.07) is 1.50. The van der Waals surface area contributed by atoms with Crippen LogP contribution in [0.5, 0.6) is 0 Å². The van der Waals surface area contributed by atoms with Gasteiger partial charge in [0.1, 0.15) is 5.82 Å². The first-order valence-corrected chi connectivity index (χ1v) is 8.01. The maximum Gasteiger partial charge on any atom is 0.253 e. The van der Waals surface area contributed by atoms with Crippen molar-refractivity contribution in [3.8, 4) is 0 Å². The average Bonchev–Trinajstić information content (AvgIpc) is 2.38. The lowest BCUT2D eigenvalue weighted by Crippen LogP contribution is -2.34. The molecule has 9 heteroatoms. The number of anilines is 1. The highest BCUT2D eigenvalue weighted by molar-refractivity contribution is 7.89. The third kappa shape index (κ3) is 4.95. The first-order chi connectivity index (χ1) is 9.39. The van der Waals surface area contributed by atoms with Crippen molar-refractivity contribution in [1.29, 1.82) is 0 Å². The Morgan fingerprint density at radius 1 is 1.45 bits per heavy atom. The quantitative estimate of drug-likeness (QED) is 0.677. The van der Waals surface area contributed by atoms with Gasteiger partial charge in [-0.15, -0.1) is 0 Å². The molecule has 112 valence electrons. The number of pyridine rings is 1. The molecular weight excluding hydrogens is 304 g/mol. The standard InChI is InChI=1S/C11H17ClN4O3S/c1-3-16-20(18,19)5-4-14-11(17)8-6-10(13-2)15-7-9(8)12/h6-7,16H,3-5H2,1-2H3,(H,13,15)(H,14,17). The highest BCUT2D eigenvalue weighted by atomic mass is 35.5. The van der Waals surface area contributed by atoms with Crippen LogP contribution < -0.4 is 15.4 Å². The third-order valence-corrected chi connectivity index (χ3v) is 4.15. The number of nitrogens with one attached hydrogen (secondary N) is 3. The Labute approximate surface area is 123 Å². The molecule has 0 aromatic carbocycles. The number of sulfonamides is 1. The lowest BCUT2D eigenvalue weighted by atomic mass is 10.2. The minimum absolute atomic E-state index is 0.00169. The van der Waals surface area contributed by atoms with Crippen LogP contribution in [-0.4, -0.2) is 45.2 Å². The molecule has 20 heavy (non-hydrogen) atoms. The van der Waals surface area contributed by atoms with Crippen LogP contribution in [0, 0.1) is 0 Å². The van der Waals surface area contributed by atoms with Gasteiger partial charge in [-0.05, 0) is 6.07 Å². The monoisotopic (exact) mass is 320 g/mol. The van der Waals surface area contributed by atoms with E-state index in [0.29, 0.717) is 12.4 Å². The number of amides is 1. The zero-order chi connectivity index (χ0) is 15.2. The number of carbonyl (C=O) groups excluding carboxylic acids is 1. The van der Waals surface area contributed by atoms with Crippen LogP contribution >= 0.6 is 11.6 Å². The molecule has 1 amide bonds. The van der Waals surface area contributed by atoms with Crippen molar-refractivity contribution in [2.75, 3.05) is 31.2 Å². The van der Waals surface area contributed by atoms with Crippen molar-refractivity contribution in [2.24, 2.45) is 0 Å². The number of hydrogen-bond acceptors (Lipinski definition) is 5. The molecule has 0 saturated heterocycles. The zero-order valence-corrected chi connectivity index (χ0v) is 12.8. The normalized spacial score (nSPS) is 11.2. The highest BCUT2D eigenvalue weighted by Gasteiger charge is 2.13. The lowest BCUT2D eigenvalue weighted by molar-refractivity contribution is 0.0956. The Bertz CT molecular complexity index is 577. The molecule has 1 rings (SSSR count). The van der Waals surface area contributed by atoms with Gasteiger partial charge in [-0.2, -0.15) is 0 Å². The Kier molecular flexibility index (Phi) is 6.18. The summed E-state index contributed by atoms with van der Waals surface area (Å²) in [5.41, 5.74) is 0.242. The third-order valence-electron chi connectivity index (χ3n) is 2.38. The van der Waals surface area contributed by atoms with E-state index in [-0.39, 0.29) is 22.9 Å². The summed E-state index contributed by atoms with van der Waals surface area (Å²) in [6.07, 6.45) is 1.36. The highest BCUT2D eigenvalue weighted by Crippen LogP contribution is 2.17. The minimum atomic E-state index is -3.35. The summed E-state index contributed by atoms with van der Waals surface area (Å²) in [7, 11) is -1.69. The summed E-state index contributed by atoms with van der Waals surface area (Å²) in [6.45, 7) is 2.01. The summed E-state index contributed by atoms with van der Waals surface area (Å²) in [4.78, 5) is 15.9. The molecule has 0 aliphatic heterocycles. The van der Waals surface area contributed by atoms with Gasteiger partial charge in [0.25, 0.3) is 5.91 Å². The average molecular weight is 321 g/mol. The van der Waals surface area contributed by atoms with E-state index in [9.17, 15) is 13.2 Å². The Hall–Kier alpha value is -1.38. The van der Waals surface area contributed by atoms with E-state index in [2.05, 4.69) is 20.3 Å². The molecular formula is C11H17ClN4O3S. The summed E-state index contributed by atoms with van der Waals surface area (Å²) < 4.78 is 25.2. The fourth-order valence-electron chi connectivity index (χ4n) is 1.44. The molecule has 0 saturated carbocycles. The molecule has 0 aliphatic carbocycles. The fraction of sp³-hybridized carbons (Fsp3) is 0.455. The predicted octanol–water partition coefficient (Wildman–Crippen LogP) is 0.446.